The molecule has 26 heavy (non-hydrogen) atoms. The van der Waals surface area contributed by atoms with Gasteiger partial charge in [0.1, 0.15) is 11.5 Å². The first kappa shape index (κ1) is 15.8. The summed E-state index contributed by atoms with van der Waals surface area (Å²) in [6, 6.07) is 16.0. The summed E-state index contributed by atoms with van der Waals surface area (Å²) < 4.78 is 14.7. The summed E-state index contributed by atoms with van der Waals surface area (Å²) >= 11 is 0. The van der Waals surface area contributed by atoms with Crippen LogP contribution < -0.4 is 5.56 Å². The van der Waals surface area contributed by atoms with Crippen molar-refractivity contribution in [3.63, 3.8) is 0 Å². The number of hydrogen-bond donors (Lipinski definition) is 2. The number of nitrogens with zero attached hydrogens (tertiary/aromatic N) is 2. The van der Waals surface area contributed by atoms with E-state index in [1.54, 1.807) is 36.4 Å². The summed E-state index contributed by atoms with van der Waals surface area (Å²) in [6.07, 6.45) is 0. The minimum atomic E-state index is -1.24. The molecule has 0 radical (unpaired) electrons. The number of hydrogen-bond acceptors (Lipinski definition) is 3. The Balaban J connectivity index is 2.11. The Kier molecular flexibility index (Phi) is 3.62. The van der Waals surface area contributed by atoms with E-state index in [9.17, 15) is 14.0 Å². The third kappa shape index (κ3) is 2.55. The predicted octanol–water partition coefficient (Wildman–Crippen LogP) is 3.19. The highest BCUT2D eigenvalue weighted by Gasteiger charge is 2.19. The number of aromatic amines is 1. The molecule has 0 bridgehead atoms. The fourth-order valence-corrected chi connectivity index (χ4v) is 2.87. The fourth-order valence-electron chi connectivity index (χ4n) is 2.87. The van der Waals surface area contributed by atoms with Crippen LogP contribution in [0.15, 0.2) is 65.5 Å². The Morgan fingerprint density at radius 1 is 1.04 bits per heavy atom. The first-order valence-corrected chi connectivity index (χ1v) is 7.75. The van der Waals surface area contributed by atoms with Gasteiger partial charge in [-0.25, -0.2) is 9.18 Å². The van der Waals surface area contributed by atoms with E-state index in [1.165, 1.54) is 18.2 Å². The summed E-state index contributed by atoms with van der Waals surface area (Å²) in [4.78, 5) is 27.3. The van der Waals surface area contributed by atoms with Crippen LogP contribution in [-0.2, 0) is 0 Å². The average Bonchev–Trinajstić information content (AvgIpc) is 3.07. The zero-order valence-electron chi connectivity index (χ0n) is 13.3. The highest BCUT2D eigenvalue weighted by molar-refractivity contribution is 5.87. The number of benzene rings is 2. The number of rotatable bonds is 3. The van der Waals surface area contributed by atoms with Gasteiger partial charge in [0.2, 0.25) is 0 Å². The average molecular weight is 349 g/mol. The number of H-pyrrole nitrogens is 1. The number of carboxylic acid groups (broad SMARTS) is 1. The number of fused-ring (bicyclic) bond motifs is 1. The lowest BCUT2D eigenvalue weighted by molar-refractivity contribution is 0.0690. The molecule has 4 aromatic rings. The van der Waals surface area contributed by atoms with Crippen LogP contribution in [-0.4, -0.2) is 25.7 Å². The van der Waals surface area contributed by atoms with Crippen LogP contribution in [0.2, 0.25) is 0 Å². The molecule has 0 fully saturated rings. The van der Waals surface area contributed by atoms with Crippen LogP contribution in [0, 0.1) is 5.82 Å². The van der Waals surface area contributed by atoms with Gasteiger partial charge >= 0.3 is 5.97 Å². The molecule has 2 heterocycles. The van der Waals surface area contributed by atoms with Crippen molar-refractivity contribution >= 4 is 11.6 Å². The lowest BCUT2D eigenvalue weighted by Crippen LogP contribution is -2.19. The maximum atomic E-state index is 13.7. The number of halogens is 1. The van der Waals surface area contributed by atoms with Crippen LogP contribution in [0.1, 0.15) is 10.5 Å². The number of carboxylic acids is 1. The van der Waals surface area contributed by atoms with E-state index in [1.807, 2.05) is 6.07 Å². The molecule has 0 spiro atoms. The maximum absolute atomic E-state index is 13.7. The molecule has 2 aromatic carbocycles. The molecule has 0 saturated heterocycles. The third-order valence-electron chi connectivity index (χ3n) is 4.01. The Bertz CT molecular complexity index is 1200. The van der Waals surface area contributed by atoms with Crippen molar-refractivity contribution in [2.75, 3.05) is 0 Å². The Labute approximate surface area is 146 Å². The van der Waals surface area contributed by atoms with E-state index in [0.717, 1.165) is 4.52 Å². The Morgan fingerprint density at radius 2 is 1.77 bits per heavy atom. The smallest absolute Gasteiger partial charge is 0.356 e. The zero-order valence-corrected chi connectivity index (χ0v) is 13.3. The van der Waals surface area contributed by atoms with Crippen molar-refractivity contribution < 1.29 is 14.3 Å². The van der Waals surface area contributed by atoms with E-state index >= 15 is 0 Å². The van der Waals surface area contributed by atoms with Crippen LogP contribution >= 0.6 is 0 Å². The number of aromatic carboxylic acids is 1. The van der Waals surface area contributed by atoms with Gasteiger partial charge in [-0.3, -0.25) is 4.79 Å². The summed E-state index contributed by atoms with van der Waals surface area (Å²) in [5.74, 6) is -1.68. The van der Waals surface area contributed by atoms with E-state index in [2.05, 4.69) is 10.1 Å². The van der Waals surface area contributed by atoms with Gasteiger partial charge in [0, 0.05) is 11.6 Å². The number of nitrogens with one attached hydrogen (secondary N) is 1. The second-order valence-electron chi connectivity index (χ2n) is 5.69. The van der Waals surface area contributed by atoms with Crippen LogP contribution in [0.3, 0.4) is 0 Å². The van der Waals surface area contributed by atoms with E-state index in [0.29, 0.717) is 16.8 Å². The van der Waals surface area contributed by atoms with Crippen LogP contribution in [0.5, 0.6) is 0 Å². The quantitative estimate of drug-likeness (QED) is 0.595. The lowest BCUT2D eigenvalue weighted by atomic mass is 10.0. The van der Waals surface area contributed by atoms with Crippen molar-refractivity contribution in [3.8, 4) is 22.4 Å². The molecule has 0 aliphatic carbocycles. The summed E-state index contributed by atoms with van der Waals surface area (Å²) in [5, 5.41) is 13.0. The first-order valence-electron chi connectivity index (χ1n) is 7.75. The van der Waals surface area contributed by atoms with E-state index < -0.39 is 17.3 Å². The Morgan fingerprint density at radius 3 is 2.46 bits per heavy atom. The molecule has 6 nitrogen and oxygen atoms in total. The number of carbonyl (C=O) groups is 1. The summed E-state index contributed by atoms with van der Waals surface area (Å²) in [5.41, 5.74) is 1.23. The minimum absolute atomic E-state index is 0.214. The molecule has 0 atom stereocenters. The fraction of sp³-hybridized carbons (Fsp3) is 0. The second kappa shape index (κ2) is 5.96. The zero-order chi connectivity index (χ0) is 18.3. The monoisotopic (exact) mass is 349 g/mol. The van der Waals surface area contributed by atoms with E-state index in [4.69, 9.17) is 5.11 Å². The lowest BCUT2D eigenvalue weighted by Gasteiger charge is -2.10. The van der Waals surface area contributed by atoms with Gasteiger partial charge in [-0.1, -0.05) is 42.5 Å². The molecule has 0 aliphatic heterocycles. The standard InChI is InChI=1S/C19H12FN3O3/c20-13-8-4-7-12(9-13)17-16(11-5-2-1-3-6-11)18(24)23-15(21-17)10-14(22-23)19(25)26/h1-10,21H,(H,25,26). The molecule has 7 heteroatoms. The molecule has 2 aromatic heterocycles. The van der Waals surface area contributed by atoms with Crippen molar-refractivity contribution in [2.45, 2.75) is 0 Å². The third-order valence-corrected chi connectivity index (χ3v) is 4.01. The van der Waals surface area contributed by atoms with Crippen LogP contribution in [0.25, 0.3) is 28.0 Å². The molecule has 4 rings (SSSR count). The molecular formula is C19H12FN3O3. The molecule has 0 amide bonds. The van der Waals surface area contributed by atoms with Crippen molar-refractivity contribution in [3.05, 3.63) is 82.5 Å². The molecule has 0 aliphatic rings. The predicted molar refractivity (Wildman–Crippen MR) is 93.6 cm³/mol. The maximum Gasteiger partial charge on any atom is 0.356 e. The number of aromatic nitrogens is 3. The topological polar surface area (TPSA) is 87.5 Å². The molecule has 128 valence electrons. The van der Waals surface area contributed by atoms with Gasteiger partial charge in [-0.2, -0.15) is 9.61 Å². The van der Waals surface area contributed by atoms with Crippen molar-refractivity contribution in [2.24, 2.45) is 0 Å². The van der Waals surface area contributed by atoms with Gasteiger partial charge in [0.25, 0.3) is 5.56 Å². The second-order valence-corrected chi connectivity index (χ2v) is 5.69. The van der Waals surface area contributed by atoms with Crippen LogP contribution in [0.4, 0.5) is 4.39 Å². The summed E-state index contributed by atoms with van der Waals surface area (Å²) in [6.45, 7) is 0. The molecule has 0 unspecified atom stereocenters. The largest absolute Gasteiger partial charge is 0.476 e. The first-order chi connectivity index (χ1) is 12.5. The SMILES string of the molecule is O=C(O)c1cc2[nH]c(-c3cccc(F)c3)c(-c3ccccc3)c(=O)n2n1. The van der Waals surface area contributed by atoms with Gasteiger partial charge in [-0.05, 0) is 17.7 Å². The highest BCUT2D eigenvalue weighted by atomic mass is 19.1. The normalized spacial score (nSPS) is 11.0. The van der Waals surface area contributed by atoms with Gasteiger partial charge in [-0.15, -0.1) is 0 Å². The van der Waals surface area contributed by atoms with Gasteiger partial charge < -0.3 is 10.1 Å². The van der Waals surface area contributed by atoms with Crippen molar-refractivity contribution in [1.82, 2.24) is 14.6 Å². The summed E-state index contributed by atoms with van der Waals surface area (Å²) in [7, 11) is 0. The van der Waals surface area contributed by atoms with E-state index in [-0.39, 0.29) is 16.9 Å². The molecular weight excluding hydrogens is 337 g/mol. The minimum Gasteiger partial charge on any atom is -0.476 e. The van der Waals surface area contributed by atoms with Gasteiger partial charge in [0.05, 0.1) is 11.3 Å². The molecule has 0 saturated carbocycles. The van der Waals surface area contributed by atoms with Gasteiger partial charge in [0.15, 0.2) is 5.69 Å². The molecule has 2 N–H and O–H groups in total. The highest BCUT2D eigenvalue weighted by Crippen LogP contribution is 2.28. The Hall–Kier alpha value is -3.74. The van der Waals surface area contributed by atoms with Crippen molar-refractivity contribution in [1.29, 1.82) is 0 Å².